The summed E-state index contributed by atoms with van der Waals surface area (Å²) in [4.78, 5) is 25.7. The Morgan fingerprint density at radius 1 is 1.11 bits per heavy atom. The third-order valence-corrected chi connectivity index (χ3v) is 3.87. The van der Waals surface area contributed by atoms with Gasteiger partial charge in [0.25, 0.3) is 0 Å². The molecule has 0 unspecified atom stereocenters. The summed E-state index contributed by atoms with van der Waals surface area (Å²) >= 11 is 0. The molecule has 0 radical (unpaired) electrons. The fourth-order valence-corrected chi connectivity index (χ4v) is 3.02. The number of rotatable bonds is 1. The van der Waals surface area contributed by atoms with E-state index in [4.69, 9.17) is 0 Å². The molecule has 94 valence electrons. The second-order valence-corrected chi connectivity index (χ2v) is 4.94. The van der Waals surface area contributed by atoms with Crippen LogP contribution in [0.4, 0.5) is 4.79 Å². The van der Waals surface area contributed by atoms with Gasteiger partial charge in [-0.1, -0.05) is 30.3 Å². The Morgan fingerprint density at radius 2 is 1.89 bits per heavy atom. The minimum Gasteiger partial charge on any atom is -0.320 e. The Morgan fingerprint density at radius 3 is 2.67 bits per heavy atom. The van der Waals surface area contributed by atoms with Crippen LogP contribution in [0.1, 0.15) is 30.7 Å². The molecule has 4 heteroatoms. The minimum absolute atomic E-state index is 0.0300. The summed E-state index contributed by atoms with van der Waals surface area (Å²) in [6, 6.07) is 9.55. The van der Waals surface area contributed by atoms with E-state index in [2.05, 4.69) is 5.32 Å². The summed E-state index contributed by atoms with van der Waals surface area (Å²) in [5, 5.41) is 2.48. The Labute approximate surface area is 106 Å². The maximum atomic E-state index is 12.1. The number of carbonyl (C=O) groups is 2. The van der Waals surface area contributed by atoms with Gasteiger partial charge in [-0.25, -0.2) is 4.79 Å². The van der Waals surface area contributed by atoms with E-state index in [9.17, 15) is 9.59 Å². The molecule has 3 amide bonds. The number of nitrogens with zero attached hydrogens (tertiary/aromatic N) is 1. The first-order valence-corrected chi connectivity index (χ1v) is 6.44. The smallest absolute Gasteiger partial charge is 0.320 e. The van der Waals surface area contributed by atoms with Crippen LogP contribution in [0.3, 0.4) is 0 Å². The highest BCUT2D eigenvalue weighted by atomic mass is 16.2. The van der Waals surface area contributed by atoms with Crippen molar-refractivity contribution in [1.29, 1.82) is 0 Å². The summed E-state index contributed by atoms with van der Waals surface area (Å²) in [5.74, 6) is -0.376. The normalized spacial score (nSPS) is 27.7. The van der Waals surface area contributed by atoms with E-state index in [0.717, 1.165) is 31.4 Å². The van der Waals surface area contributed by atoms with Gasteiger partial charge in [0.2, 0.25) is 5.91 Å². The lowest BCUT2D eigenvalue weighted by Gasteiger charge is -2.43. The SMILES string of the molecule is O=C1NC(=O)N2CCCC[C@H]2[C@@H]1c1ccccc1. The van der Waals surface area contributed by atoms with Crippen molar-refractivity contribution in [3.8, 4) is 0 Å². The highest BCUT2D eigenvalue weighted by molar-refractivity contribution is 6.01. The topological polar surface area (TPSA) is 49.4 Å². The molecular weight excluding hydrogens is 228 g/mol. The number of benzene rings is 1. The number of carbonyl (C=O) groups excluding carboxylic acids is 2. The number of imide groups is 1. The summed E-state index contributed by atoms with van der Waals surface area (Å²) in [5.41, 5.74) is 0.999. The molecule has 0 aromatic heterocycles. The van der Waals surface area contributed by atoms with Crippen LogP contribution in [0.15, 0.2) is 30.3 Å². The van der Waals surface area contributed by atoms with Crippen molar-refractivity contribution in [3.05, 3.63) is 35.9 Å². The zero-order valence-corrected chi connectivity index (χ0v) is 10.1. The Balaban J connectivity index is 1.96. The van der Waals surface area contributed by atoms with Gasteiger partial charge in [-0.15, -0.1) is 0 Å². The van der Waals surface area contributed by atoms with E-state index >= 15 is 0 Å². The number of nitrogens with one attached hydrogen (secondary N) is 1. The lowest BCUT2D eigenvalue weighted by Crippen LogP contribution is -2.60. The lowest BCUT2D eigenvalue weighted by molar-refractivity contribution is -0.125. The highest BCUT2D eigenvalue weighted by Gasteiger charge is 2.42. The molecule has 2 aliphatic rings. The first kappa shape index (κ1) is 11.3. The van der Waals surface area contributed by atoms with Gasteiger partial charge in [0.1, 0.15) is 0 Å². The molecule has 1 N–H and O–H groups in total. The monoisotopic (exact) mass is 244 g/mol. The summed E-state index contributed by atoms with van der Waals surface area (Å²) < 4.78 is 0. The number of piperidine rings is 1. The molecule has 18 heavy (non-hydrogen) atoms. The van der Waals surface area contributed by atoms with E-state index < -0.39 is 0 Å². The van der Waals surface area contributed by atoms with Gasteiger partial charge in [0.15, 0.2) is 0 Å². The number of amides is 3. The van der Waals surface area contributed by atoms with Crippen molar-refractivity contribution < 1.29 is 9.59 Å². The first-order valence-electron chi connectivity index (χ1n) is 6.44. The molecule has 2 aliphatic heterocycles. The summed E-state index contributed by atoms with van der Waals surface area (Å²) in [6.07, 6.45) is 3.03. The molecule has 2 saturated heterocycles. The fourth-order valence-electron chi connectivity index (χ4n) is 3.02. The van der Waals surface area contributed by atoms with Crippen LogP contribution in [0.5, 0.6) is 0 Å². The molecule has 1 aromatic carbocycles. The van der Waals surface area contributed by atoms with Gasteiger partial charge in [-0.05, 0) is 24.8 Å². The van der Waals surface area contributed by atoms with Crippen LogP contribution in [0.2, 0.25) is 0 Å². The number of hydrogen-bond acceptors (Lipinski definition) is 2. The van der Waals surface area contributed by atoms with Crippen LogP contribution < -0.4 is 5.32 Å². The zero-order chi connectivity index (χ0) is 12.5. The minimum atomic E-state index is -0.225. The zero-order valence-electron chi connectivity index (χ0n) is 10.1. The molecule has 0 spiro atoms. The van der Waals surface area contributed by atoms with Crippen molar-refractivity contribution in [2.24, 2.45) is 0 Å². The van der Waals surface area contributed by atoms with E-state index in [1.54, 1.807) is 0 Å². The second kappa shape index (κ2) is 4.44. The average Bonchev–Trinajstić information content (AvgIpc) is 2.40. The van der Waals surface area contributed by atoms with Gasteiger partial charge < -0.3 is 4.90 Å². The van der Waals surface area contributed by atoms with E-state index in [1.165, 1.54) is 0 Å². The fraction of sp³-hybridized carbons (Fsp3) is 0.429. The number of hydrogen-bond donors (Lipinski definition) is 1. The van der Waals surface area contributed by atoms with E-state index in [1.807, 2.05) is 35.2 Å². The van der Waals surface area contributed by atoms with Crippen LogP contribution in [-0.4, -0.2) is 29.4 Å². The van der Waals surface area contributed by atoms with Crippen molar-refractivity contribution in [3.63, 3.8) is 0 Å². The quantitative estimate of drug-likeness (QED) is 0.820. The molecule has 4 nitrogen and oxygen atoms in total. The van der Waals surface area contributed by atoms with Crippen molar-refractivity contribution in [1.82, 2.24) is 10.2 Å². The average molecular weight is 244 g/mol. The van der Waals surface area contributed by atoms with Crippen molar-refractivity contribution in [2.45, 2.75) is 31.2 Å². The van der Waals surface area contributed by atoms with Gasteiger partial charge in [-0.3, -0.25) is 10.1 Å². The molecule has 3 rings (SSSR count). The Kier molecular flexibility index (Phi) is 2.78. The number of urea groups is 1. The largest absolute Gasteiger partial charge is 0.324 e. The van der Waals surface area contributed by atoms with Crippen LogP contribution in [-0.2, 0) is 4.79 Å². The van der Waals surface area contributed by atoms with Crippen LogP contribution in [0.25, 0.3) is 0 Å². The number of fused-ring (bicyclic) bond motifs is 1. The van der Waals surface area contributed by atoms with Crippen LogP contribution >= 0.6 is 0 Å². The van der Waals surface area contributed by atoms with Gasteiger partial charge in [0, 0.05) is 12.6 Å². The predicted molar refractivity (Wildman–Crippen MR) is 67.1 cm³/mol. The van der Waals surface area contributed by atoms with Gasteiger partial charge in [-0.2, -0.15) is 0 Å². The van der Waals surface area contributed by atoms with E-state index in [-0.39, 0.29) is 23.9 Å². The van der Waals surface area contributed by atoms with Gasteiger partial charge >= 0.3 is 6.03 Å². The third kappa shape index (κ3) is 1.78. The molecule has 0 saturated carbocycles. The molecule has 1 aromatic rings. The predicted octanol–water partition coefficient (Wildman–Crippen LogP) is 1.87. The third-order valence-electron chi connectivity index (χ3n) is 3.87. The summed E-state index contributed by atoms with van der Waals surface area (Å²) in [7, 11) is 0. The maximum absolute atomic E-state index is 12.1. The van der Waals surface area contributed by atoms with Crippen molar-refractivity contribution in [2.75, 3.05) is 6.54 Å². The van der Waals surface area contributed by atoms with Crippen LogP contribution in [0, 0.1) is 0 Å². The molecule has 0 bridgehead atoms. The standard InChI is InChI=1S/C14H16N2O2/c17-13-12(10-6-2-1-3-7-10)11-8-4-5-9-16(11)14(18)15-13/h1-3,6-7,11-12H,4-5,8-9H2,(H,15,17,18)/t11-,12-/m0/s1. The molecule has 0 aliphatic carbocycles. The van der Waals surface area contributed by atoms with Crippen molar-refractivity contribution >= 4 is 11.9 Å². The molecule has 2 fully saturated rings. The van der Waals surface area contributed by atoms with E-state index in [0.29, 0.717) is 0 Å². The lowest BCUT2D eigenvalue weighted by atomic mass is 9.83. The Bertz CT molecular complexity index is 472. The highest BCUT2D eigenvalue weighted by Crippen LogP contribution is 2.33. The van der Waals surface area contributed by atoms with Gasteiger partial charge in [0.05, 0.1) is 5.92 Å². The molecular formula is C14H16N2O2. The Hall–Kier alpha value is -1.84. The molecule has 2 atom stereocenters. The molecule has 2 heterocycles. The summed E-state index contributed by atoms with van der Waals surface area (Å²) in [6.45, 7) is 0.757. The maximum Gasteiger partial charge on any atom is 0.324 e. The first-order chi connectivity index (χ1) is 8.77. The second-order valence-electron chi connectivity index (χ2n) is 4.94.